The molecule has 0 saturated carbocycles. The van der Waals surface area contributed by atoms with Crippen LogP contribution in [0.5, 0.6) is 0 Å². The van der Waals surface area contributed by atoms with E-state index < -0.39 is 0 Å². The molecule has 2 nitrogen and oxygen atoms in total. The van der Waals surface area contributed by atoms with Crippen LogP contribution in [-0.2, 0) is 11.2 Å². The molecule has 0 fully saturated rings. The first-order chi connectivity index (χ1) is 6.16. The molecule has 0 heterocycles. The summed E-state index contributed by atoms with van der Waals surface area (Å²) in [5, 5.41) is 0. The lowest BCUT2D eigenvalue weighted by Crippen LogP contribution is -2.13. The number of hydrogen-bond donors (Lipinski definition) is 1. The molecule has 0 unspecified atom stereocenters. The highest BCUT2D eigenvalue weighted by Crippen LogP contribution is 2.27. The van der Waals surface area contributed by atoms with Gasteiger partial charge in [-0.2, -0.15) is 0 Å². The van der Waals surface area contributed by atoms with Gasteiger partial charge in [0.15, 0.2) is 0 Å². The van der Waals surface area contributed by atoms with E-state index in [-0.39, 0.29) is 5.91 Å². The largest absolute Gasteiger partial charge is 0.366 e. The maximum Gasteiger partial charge on any atom is 0.244 e. The molecule has 66 valence electrons. The van der Waals surface area contributed by atoms with Gasteiger partial charge < -0.3 is 5.73 Å². The quantitative estimate of drug-likeness (QED) is 0.797. The molecule has 2 rings (SSSR count). The Hall–Kier alpha value is -1.09. The van der Waals surface area contributed by atoms with Crippen LogP contribution in [0.3, 0.4) is 0 Å². The second-order valence-corrected chi connectivity index (χ2v) is 3.97. The van der Waals surface area contributed by atoms with Crippen LogP contribution in [0.2, 0.25) is 0 Å². The smallest absolute Gasteiger partial charge is 0.244 e. The number of carbonyl (C=O) groups excluding carboxylic acids is 1. The van der Waals surface area contributed by atoms with E-state index in [0.717, 1.165) is 15.6 Å². The first kappa shape index (κ1) is 8.51. The van der Waals surface area contributed by atoms with E-state index in [1.54, 1.807) is 0 Å². The van der Waals surface area contributed by atoms with E-state index in [2.05, 4.69) is 15.9 Å². The Labute approximate surface area is 84.6 Å². The number of nitrogens with two attached hydrogens (primary N) is 1. The van der Waals surface area contributed by atoms with Crippen molar-refractivity contribution in [2.24, 2.45) is 5.73 Å². The molecule has 0 saturated heterocycles. The number of fused-ring (bicyclic) bond motifs is 1. The van der Waals surface area contributed by atoms with Crippen molar-refractivity contribution < 1.29 is 4.79 Å². The average molecular weight is 238 g/mol. The first-order valence-electron chi connectivity index (χ1n) is 3.95. The molecule has 0 aliphatic heterocycles. The van der Waals surface area contributed by atoms with E-state index in [1.165, 1.54) is 0 Å². The lowest BCUT2D eigenvalue weighted by Gasteiger charge is -1.98. The summed E-state index contributed by atoms with van der Waals surface area (Å²) in [5.41, 5.74) is 8.13. The summed E-state index contributed by atoms with van der Waals surface area (Å²) in [6, 6.07) is 5.95. The normalized spacial score (nSPS) is 13.8. The van der Waals surface area contributed by atoms with Crippen molar-refractivity contribution in [3.8, 4) is 0 Å². The van der Waals surface area contributed by atoms with Gasteiger partial charge >= 0.3 is 0 Å². The van der Waals surface area contributed by atoms with E-state index >= 15 is 0 Å². The molecule has 1 aromatic rings. The second-order valence-electron chi connectivity index (χ2n) is 3.05. The fourth-order valence-electron chi connectivity index (χ4n) is 1.47. The van der Waals surface area contributed by atoms with Gasteiger partial charge in [0.05, 0.1) is 0 Å². The molecule has 0 radical (unpaired) electrons. The number of rotatable bonds is 1. The van der Waals surface area contributed by atoms with Crippen molar-refractivity contribution >= 4 is 27.9 Å². The van der Waals surface area contributed by atoms with Crippen molar-refractivity contribution in [3.63, 3.8) is 0 Å². The summed E-state index contributed by atoms with van der Waals surface area (Å²) >= 11 is 3.38. The minimum atomic E-state index is -0.327. The molecular formula is C10H8BrNO. The average Bonchev–Trinajstić information content (AvgIpc) is 2.46. The number of primary amides is 1. The highest BCUT2D eigenvalue weighted by atomic mass is 79.9. The van der Waals surface area contributed by atoms with Crippen LogP contribution in [0.25, 0.3) is 6.08 Å². The standard InChI is InChI=1S/C10H8BrNO/c11-9-2-1-6-3-8(10(12)13)4-7(6)5-9/h1-3,5H,4H2,(H2,12,13). The predicted octanol–water partition coefficient (Wildman–Crippen LogP) is 1.87. The Morgan fingerprint density at radius 1 is 1.46 bits per heavy atom. The summed E-state index contributed by atoms with van der Waals surface area (Å²) < 4.78 is 1.03. The third-order valence-electron chi connectivity index (χ3n) is 2.13. The lowest BCUT2D eigenvalue weighted by molar-refractivity contribution is -0.114. The molecule has 2 N–H and O–H groups in total. The van der Waals surface area contributed by atoms with Gasteiger partial charge in [0, 0.05) is 16.5 Å². The molecule has 1 aliphatic rings. The van der Waals surface area contributed by atoms with Crippen LogP contribution in [0.15, 0.2) is 28.2 Å². The number of amides is 1. The van der Waals surface area contributed by atoms with Gasteiger partial charge in [-0.1, -0.05) is 22.0 Å². The van der Waals surface area contributed by atoms with Crippen molar-refractivity contribution in [1.82, 2.24) is 0 Å². The predicted molar refractivity (Wildman–Crippen MR) is 55.0 cm³/mol. The zero-order chi connectivity index (χ0) is 9.42. The van der Waals surface area contributed by atoms with Crippen LogP contribution in [-0.4, -0.2) is 5.91 Å². The van der Waals surface area contributed by atoms with Crippen molar-refractivity contribution in [2.45, 2.75) is 6.42 Å². The van der Waals surface area contributed by atoms with Gasteiger partial charge in [0.25, 0.3) is 0 Å². The van der Waals surface area contributed by atoms with E-state index in [0.29, 0.717) is 12.0 Å². The monoisotopic (exact) mass is 237 g/mol. The van der Waals surface area contributed by atoms with Crippen LogP contribution in [0.4, 0.5) is 0 Å². The fraction of sp³-hybridized carbons (Fsp3) is 0.100. The van der Waals surface area contributed by atoms with Gasteiger partial charge in [-0.05, 0) is 29.3 Å². The lowest BCUT2D eigenvalue weighted by atomic mass is 10.1. The van der Waals surface area contributed by atoms with Crippen LogP contribution in [0, 0.1) is 0 Å². The highest BCUT2D eigenvalue weighted by Gasteiger charge is 2.15. The Bertz CT molecular complexity index is 409. The molecular weight excluding hydrogens is 230 g/mol. The van der Waals surface area contributed by atoms with Gasteiger partial charge in [-0.3, -0.25) is 4.79 Å². The minimum absolute atomic E-state index is 0.327. The SMILES string of the molecule is NC(=O)C1=Cc2ccc(Br)cc2C1. The Kier molecular flexibility index (Phi) is 1.96. The third kappa shape index (κ3) is 1.52. The molecule has 0 atom stereocenters. The van der Waals surface area contributed by atoms with Crippen molar-refractivity contribution in [1.29, 1.82) is 0 Å². The highest BCUT2D eigenvalue weighted by molar-refractivity contribution is 9.10. The van der Waals surface area contributed by atoms with Crippen molar-refractivity contribution in [3.05, 3.63) is 39.4 Å². The maximum atomic E-state index is 10.9. The Morgan fingerprint density at radius 2 is 2.23 bits per heavy atom. The molecule has 1 amide bonds. The third-order valence-corrected chi connectivity index (χ3v) is 2.63. The zero-order valence-corrected chi connectivity index (χ0v) is 8.47. The minimum Gasteiger partial charge on any atom is -0.366 e. The topological polar surface area (TPSA) is 43.1 Å². The number of benzene rings is 1. The number of halogens is 1. The Balaban J connectivity index is 2.41. The first-order valence-corrected chi connectivity index (χ1v) is 4.75. The summed E-state index contributed by atoms with van der Waals surface area (Å²) in [6.45, 7) is 0. The molecule has 1 aliphatic carbocycles. The molecule has 13 heavy (non-hydrogen) atoms. The molecule has 0 aromatic heterocycles. The second kappa shape index (κ2) is 3.00. The van der Waals surface area contributed by atoms with Crippen LogP contribution in [0.1, 0.15) is 11.1 Å². The zero-order valence-electron chi connectivity index (χ0n) is 6.88. The van der Waals surface area contributed by atoms with Gasteiger partial charge in [-0.15, -0.1) is 0 Å². The molecule has 3 heteroatoms. The van der Waals surface area contributed by atoms with Crippen LogP contribution >= 0.6 is 15.9 Å². The number of hydrogen-bond acceptors (Lipinski definition) is 1. The molecule has 0 bridgehead atoms. The summed E-state index contributed by atoms with van der Waals surface area (Å²) in [4.78, 5) is 10.9. The molecule has 0 spiro atoms. The number of carbonyl (C=O) groups is 1. The maximum absolute atomic E-state index is 10.9. The van der Waals surface area contributed by atoms with Gasteiger partial charge in [0.2, 0.25) is 5.91 Å². The Morgan fingerprint density at radius 3 is 2.92 bits per heavy atom. The van der Waals surface area contributed by atoms with Crippen molar-refractivity contribution in [2.75, 3.05) is 0 Å². The summed E-state index contributed by atoms with van der Waals surface area (Å²) in [5.74, 6) is -0.327. The van der Waals surface area contributed by atoms with Crippen LogP contribution < -0.4 is 5.73 Å². The summed E-state index contributed by atoms with van der Waals surface area (Å²) in [7, 11) is 0. The van der Waals surface area contributed by atoms with E-state index in [4.69, 9.17) is 5.73 Å². The van der Waals surface area contributed by atoms with Gasteiger partial charge in [0.1, 0.15) is 0 Å². The van der Waals surface area contributed by atoms with E-state index in [1.807, 2.05) is 24.3 Å². The van der Waals surface area contributed by atoms with Gasteiger partial charge in [-0.25, -0.2) is 0 Å². The summed E-state index contributed by atoms with van der Waals surface area (Å²) in [6.07, 6.45) is 2.51. The molecule has 1 aromatic carbocycles. The fourth-order valence-corrected chi connectivity index (χ4v) is 1.88. The van der Waals surface area contributed by atoms with E-state index in [9.17, 15) is 4.79 Å².